The van der Waals surface area contributed by atoms with Gasteiger partial charge in [-0.05, 0) is 24.3 Å². The third kappa shape index (κ3) is 4.64. The minimum atomic E-state index is -0.257. The van der Waals surface area contributed by atoms with Gasteiger partial charge in [-0.15, -0.1) is 0 Å². The first-order chi connectivity index (χ1) is 9.74. The number of furan rings is 2. The number of rotatable bonds is 7. The second kappa shape index (κ2) is 7.18. The number of carbonyl (C=O) groups excluding carboxylic acids is 2. The SMILES string of the molecule is O=C(CCc1ccco1)NCC(=O)NCc1ccco1. The molecule has 2 aromatic heterocycles. The molecule has 2 amide bonds. The highest BCUT2D eigenvalue weighted by molar-refractivity contribution is 5.84. The molecule has 0 unspecified atom stereocenters. The molecule has 0 aliphatic rings. The van der Waals surface area contributed by atoms with E-state index < -0.39 is 0 Å². The molecule has 0 aliphatic carbocycles. The van der Waals surface area contributed by atoms with Crippen molar-refractivity contribution in [3.63, 3.8) is 0 Å². The Bertz CT molecular complexity index is 481. The van der Waals surface area contributed by atoms with Crippen molar-refractivity contribution in [2.75, 3.05) is 6.54 Å². The molecule has 2 rings (SSSR count). The smallest absolute Gasteiger partial charge is 0.239 e. The Morgan fingerprint density at radius 3 is 2.30 bits per heavy atom. The van der Waals surface area contributed by atoms with Crippen molar-refractivity contribution in [2.45, 2.75) is 19.4 Å². The second-order valence-corrected chi connectivity index (χ2v) is 4.21. The molecule has 0 aromatic carbocycles. The van der Waals surface area contributed by atoms with Crippen LogP contribution in [0.4, 0.5) is 0 Å². The summed E-state index contributed by atoms with van der Waals surface area (Å²) >= 11 is 0. The van der Waals surface area contributed by atoms with Gasteiger partial charge in [-0.3, -0.25) is 9.59 Å². The summed E-state index contributed by atoms with van der Waals surface area (Å²) in [7, 11) is 0. The maximum absolute atomic E-state index is 11.5. The number of nitrogens with one attached hydrogen (secondary N) is 2. The lowest BCUT2D eigenvalue weighted by atomic mass is 10.2. The number of hydrogen-bond donors (Lipinski definition) is 2. The lowest BCUT2D eigenvalue weighted by molar-refractivity contribution is -0.126. The number of amides is 2. The van der Waals surface area contributed by atoms with Crippen LogP contribution >= 0.6 is 0 Å². The van der Waals surface area contributed by atoms with Crippen molar-refractivity contribution >= 4 is 11.8 Å². The molecule has 6 nitrogen and oxygen atoms in total. The highest BCUT2D eigenvalue weighted by atomic mass is 16.3. The van der Waals surface area contributed by atoms with Crippen molar-refractivity contribution in [3.8, 4) is 0 Å². The summed E-state index contributed by atoms with van der Waals surface area (Å²) in [5.41, 5.74) is 0. The summed E-state index contributed by atoms with van der Waals surface area (Å²) in [6, 6.07) is 7.10. The zero-order chi connectivity index (χ0) is 14.2. The lowest BCUT2D eigenvalue weighted by Gasteiger charge is -2.05. The molecule has 0 fully saturated rings. The first-order valence-corrected chi connectivity index (χ1v) is 6.32. The normalized spacial score (nSPS) is 10.2. The van der Waals surface area contributed by atoms with Gasteiger partial charge in [0.1, 0.15) is 11.5 Å². The fourth-order valence-electron chi connectivity index (χ4n) is 1.62. The first kappa shape index (κ1) is 13.9. The molecule has 106 valence electrons. The third-order valence-corrected chi connectivity index (χ3v) is 2.66. The number of carbonyl (C=O) groups is 2. The van der Waals surface area contributed by atoms with E-state index in [4.69, 9.17) is 8.83 Å². The van der Waals surface area contributed by atoms with E-state index in [2.05, 4.69) is 10.6 Å². The summed E-state index contributed by atoms with van der Waals surface area (Å²) < 4.78 is 10.2. The average Bonchev–Trinajstić information content (AvgIpc) is 3.13. The van der Waals surface area contributed by atoms with Crippen LogP contribution in [0.3, 0.4) is 0 Å². The van der Waals surface area contributed by atoms with Crippen molar-refractivity contribution in [1.82, 2.24) is 10.6 Å². The molecule has 6 heteroatoms. The van der Waals surface area contributed by atoms with E-state index in [0.29, 0.717) is 25.1 Å². The van der Waals surface area contributed by atoms with E-state index in [-0.39, 0.29) is 18.4 Å². The Morgan fingerprint density at radius 2 is 1.65 bits per heavy atom. The molecule has 0 aliphatic heterocycles. The van der Waals surface area contributed by atoms with Gasteiger partial charge in [0.05, 0.1) is 25.6 Å². The molecule has 0 saturated carbocycles. The maximum atomic E-state index is 11.5. The molecule has 2 N–H and O–H groups in total. The Balaban J connectivity index is 1.59. The predicted octanol–water partition coefficient (Wildman–Crippen LogP) is 1.24. The molecule has 2 aromatic rings. The summed E-state index contributed by atoms with van der Waals surface area (Å²) in [4.78, 5) is 23.0. The zero-order valence-corrected chi connectivity index (χ0v) is 10.9. The van der Waals surface area contributed by atoms with Crippen molar-refractivity contribution < 1.29 is 18.4 Å². The van der Waals surface area contributed by atoms with Crippen LogP contribution < -0.4 is 10.6 Å². The van der Waals surface area contributed by atoms with Crippen LogP contribution in [0.1, 0.15) is 17.9 Å². The van der Waals surface area contributed by atoms with Gasteiger partial charge in [-0.1, -0.05) is 0 Å². The minimum absolute atomic E-state index is 0.0440. The topological polar surface area (TPSA) is 84.5 Å². The molecular formula is C14H16N2O4. The van der Waals surface area contributed by atoms with Gasteiger partial charge >= 0.3 is 0 Å². The predicted molar refractivity (Wildman–Crippen MR) is 70.6 cm³/mol. The molecule has 20 heavy (non-hydrogen) atoms. The van der Waals surface area contributed by atoms with E-state index in [9.17, 15) is 9.59 Å². The summed E-state index contributed by atoms with van der Waals surface area (Å²) in [6.45, 7) is 0.270. The molecule has 0 radical (unpaired) electrons. The fourth-order valence-corrected chi connectivity index (χ4v) is 1.62. The van der Waals surface area contributed by atoms with Gasteiger partial charge in [0.2, 0.25) is 11.8 Å². The number of aryl methyl sites for hydroxylation is 1. The molecule has 0 spiro atoms. The molecule has 0 atom stereocenters. The summed E-state index contributed by atoms with van der Waals surface area (Å²) in [5.74, 6) is 0.979. The minimum Gasteiger partial charge on any atom is -0.469 e. The van der Waals surface area contributed by atoms with E-state index in [1.165, 1.54) is 6.26 Å². The van der Waals surface area contributed by atoms with Crippen LogP contribution in [0.25, 0.3) is 0 Å². The van der Waals surface area contributed by atoms with Crippen LogP contribution in [0.15, 0.2) is 45.6 Å². The molecule has 2 heterocycles. The molecular weight excluding hydrogens is 260 g/mol. The Morgan fingerprint density at radius 1 is 0.950 bits per heavy atom. The highest BCUT2D eigenvalue weighted by Gasteiger charge is 2.07. The van der Waals surface area contributed by atoms with E-state index in [0.717, 1.165) is 5.76 Å². The second-order valence-electron chi connectivity index (χ2n) is 4.21. The van der Waals surface area contributed by atoms with Crippen LogP contribution in [0.5, 0.6) is 0 Å². The van der Waals surface area contributed by atoms with Gasteiger partial charge in [0, 0.05) is 12.8 Å². The maximum Gasteiger partial charge on any atom is 0.239 e. The quantitative estimate of drug-likeness (QED) is 0.796. The molecule has 0 bridgehead atoms. The first-order valence-electron chi connectivity index (χ1n) is 6.32. The van der Waals surface area contributed by atoms with Gasteiger partial charge in [-0.25, -0.2) is 0 Å². The van der Waals surface area contributed by atoms with Crippen LogP contribution in [-0.2, 0) is 22.6 Å². The average molecular weight is 276 g/mol. The lowest BCUT2D eigenvalue weighted by Crippen LogP contribution is -2.36. The Kier molecular flexibility index (Phi) is 5.00. The Hall–Kier alpha value is -2.50. The van der Waals surface area contributed by atoms with Gasteiger partial charge in [-0.2, -0.15) is 0 Å². The highest BCUT2D eigenvalue weighted by Crippen LogP contribution is 2.03. The van der Waals surface area contributed by atoms with E-state index in [1.54, 1.807) is 24.5 Å². The van der Waals surface area contributed by atoms with Gasteiger partial charge < -0.3 is 19.5 Å². The van der Waals surface area contributed by atoms with Crippen molar-refractivity contribution in [2.24, 2.45) is 0 Å². The molecule has 0 saturated heterocycles. The summed E-state index contributed by atoms with van der Waals surface area (Å²) in [5, 5.41) is 5.20. The Labute approximate surface area is 116 Å². The monoisotopic (exact) mass is 276 g/mol. The van der Waals surface area contributed by atoms with E-state index >= 15 is 0 Å². The van der Waals surface area contributed by atoms with Crippen LogP contribution in [0, 0.1) is 0 Å². The van der Waals surface area contributed by atoms with Crippen molar-refractivity contribution in [1.29, 1.82) is 0 Å². The number of hydrogen-bond acceptors (Lipinski definition) is 4. The van der Waals surface area contributed by atoms with Crippen molar-refractivity contribution in [3.05, 3.63) is 48.3 Å². The zero-order valence-electron chi connectivity index (χ0n) is 10.9. The third-order valence-electron chi connectivity index (χ3n) is 2.66. The summed E-state index contributed by atoms with van der Waals surface area (Å²) in [6.07, 6.45) is 3.92. The van der Waals surface area contributed by atoms with Gasteiger partial charge in [0.15, 0.2) is 0 Å². The largest absolute Gasteiger partial charge is 0.469 e. The van der Waals surface area contributed by atoms with Gasteiger partial charge in [0.25, 0.3) is 0 Å². The fraction of sp³-hybridized carbons (Fsp3) is 0.286. The van der Waals surface area contributed by atoms with Crippen LogP contribution in [0.2, 0.25) is 0 Å². The van der Waals surface area contributed by atoms with E-state index in [1.807, 2.05) is 6.07 Å². The standard InChI is InChI=1S/C14H16N2O4/c17-13(6-5-11-3-1-7-19-11)16-10-14(18)15-9-12-4-2-8-20-12/h1-4,7-8H,5-6,9-10H2,(H,15,18)(H,16,17). The van der Waals surface area contributed by atoms with Crippen LogP contribution in [-0.4, -0.2) is 18.4 Å².